The highest BCUT2D eigenvalue weighted by Gasteiger charge is 2.22. The number of H-pyrrole nitrogens is 1. The van der Waals surface area contributed by atoms with Gasteiger partial charge in [-0.05, 0) is 85.3 Å². The van der Waals surface area contributed by atoms with Crippen LogP contribution in [0.3, 0.4) is 0 Å². The summed E-state index contributed by atoms with van der Waals surface area (Å²) in [5, 5.41) is 2.80. The molecular formula is C25H27BrClFN4O4S. The molecular weight excluding hydrogens is 587 g/mol. The Labute approximate surface area is 228 Å². The van der Waals surface area contributed by atoms with Gasteiger partial charge in [-0.1, -0.05) is 17.7 Å². The van der Waals surface area contributed by atoms with Crippen molar-refractivity contribution in [2.45, 2.75) is 56.1 Å². The molecule has 2 aromatic carbocycles. The SMILES string of the molecule is CC(CCNS(=O)(=O)c1cc(-c2ncc(-c3ccc(Br)c(F)c3)[nH]2)ccc1Cl)NC(=O)OC1CCCC1. The van der Waals surface area contributed by atoms with Gasteiger partial charge in [-0.25, -0.2) is 27.3 Å². The number of aromatic amines is 1. The number of hydrogen-bond donors (Lipinski definition) is 3. The Morgan fingerprint density at radius 3 is 2.70 bits per heavy atom. The second-order valence-corrected chi connectivity index (χ2v) is 12.0. The number of carbonyl (C=O) groups is 1. The van der Waals surface area contributed by atoms with Gasteiger partial charge in [0.2, 0.25) is 10.0 Å². The highest BCUT2D eigenvalue weighted by Crippen LogP contribution is 2.29. The number of aromatic nitrogens is 2. The zero-order chi connectivity index (χ0) is 26.6. The van der Waals surface area contributed by atoms with Crippen LogP contribution in [0.1, 0.15) is 39.0 Å². The number of amides is 1. The van der Waals surface area contributed by atoms with Crippen LogP contribution in [0, 0.1) is 5.82 Å². The normalized spacial score (nSPS) is 15.0. The van der Waals surface area contributed by atoms with E-state index in [-0.39, 0.29) is 28.6 Å². The van der Waals surface area contributed by atoms with Gasteiger partial charge in [0.1, 0.15) is 22.6 Å². The Hall–Kier alpha value is -2.47. The van der Waals surface area contributed by atoms with E-state index in [0.29, 0.717) is 33.5 Å². The molecule has 1 aliphatic carbocycles. The summed E-state index contributed by atoms with van der Waals surface area (Å²) in [5.41, 5.74) is 1.67. The predicted molar refractivity (Wildman–Crippen MR) is 143 cm³/mol. The van der Waals surface area contributed by atoms with Crippen LogP contribution in [-0.4, -0.2) is 43.2 Å². The number of nitrogens with zero attached hydrogens (tertiary/aromatic N) is 1. The van der Waals surface area contributed by atoms with Crippen molar-refractivity contribution in [3.05, 3.63) is 57.9 Å². The molecule has 3 aromatic rings. The quantitative estimate of drug-likeness (QED) is 0.273. The van der Waals surface area contributed by atoms with Crippen molar-refractivity contribution >= 4 is 43.6 Å². The maximum absolute atomic E-state index is 13.9. The molecule has 1 fully saturated rings. The molecule has 4 rings (SSSR count). The minimum atomic E-state index is -3.94. The lowest BCUT2D eigenvalue weighted by Gasteiger charge is -2.17. The lowest BCUT2D eigenvalue weighted by atomic mass is 10.2. The van der Waals surface area contributed by atoms with Gasteiger partial charge in [-0.2, -0.15) is 0 Å². The minimum Gasteiger partial charge on any atom is -0.446 e. The molecule has 3 N–H and O–H groups in total. The molecule has 198 valence electrons. The van der Waals surface area contributed by atoms with Gasteiger partial charge in [0.25, 0.3) is 0 Å². The molecule has 1 saturated carbocycles. The molecule has 1 unspecified atom stereocenters. The van der Waals surface area contributed by atoms with Crippen molar-refractivity contribution in [1.82, 2.24) is 20.0 Å². The Bertz CT molecular complexity index is 1380. The molecule has 0 radical (unpaired) electrons. The third-order valence-electron chi connectivity index (χ3n) is 6.11. The zero-order valence-electron chi connectivity index (χ0n) is 20.1. The van der Waals surface area contributed by atoms with Gasteiger partial charge in [-0.3, -0.25) is 0 Å². The fraction of sp³-hybridized carbons (Fsp3) is 0.360. The number of ether oxygens (including phenoxy) is 1. The third-order valence-corrected chi connectivity index (χ3v) is 8.70. The summed E-state index contributed by atoms with van der Waals surface area (Å²) in [6.07, 6.45) is 5.26. The van der Waals surface area contributed by atoms with Crippen LogP contribution >= 0.6 is 27.5 Å². The standard InChI is InChI=1S/C25H27BrClFN4O4S/c1-15(31-25(33)36-18-4-2-3-5-18)10-11-30-37(34,35)23-13-17(7-9-20(23)27)24-29-14-22(32-24)16-6-8-19(26)21(28)12-16/h6-9,12-15,18,30H,2-5,10-11H2,1H3,(H,29,32)(H,31,33). The summed E-state index contributed by atoms with van der Waals surface area (Å²) >= 11 is 9.35. The maximum Gasteiger partial charge on any atom is 0.407 e. The fourth-order valence-electron chi connectivity index (χ4n) is 4.09. The number of imidazole rings is 1. The first-order chi connectivity index (χ1) is 17.6. The van der Waals surface area contributed by atoms with E-state index >= 15 is 0 Å². The van der Waals surface area contributed by atoms with E-state index in [1.807, 2.05) is 0 Å². The molecule has 0 spiro atoms. The Kier molecular flexibility index (Phi) is 8.89. The number of sulfonamides is 1. The Morgan fingerprint density at radius 1 is 1.24 bits per heavy atom. The average molecular weight is 614 g/mol. The number of hydrogen-bond acceptors (Lipinski definition) is 5. The van der Waals surface area contributed by atoms with Crippen LogP contribution in [-0.2, 0) is 14.8 Å². The van der Waals surface area contributed by atoms with Crippen molar-refractivity contribution in [2.75, 3.05) is 6.54 Å². The van der Waals surface area contributed by atoms with Crippen LogP contribution in [0.5, 0.6) is 0 Å². The van der Waals surface area contributed by atoms with Crippen LogP contribution in [0.25, 0.3) is 22.6 Å². The lowest BCUT2D eigenvalue weighted by Crippen LogP contribution is -2.37. The highest BCUT2D eigenvalue weighted by molar-refractivity contribution is 9.10. The Balaban J connectivity index is 1.39. The van der Waals surface area contributed by atoms with E-state index in [1.54, 1.807) is 31.3 Å². The summed E-state index contributed by atoms with van der Waals surface area (Å²) in [6.45, 7) is 1.87. The molecule has 12 heteroatoms. The monoisotopic (exact) mass is 612 g/mol. The van der Waals surface area contributed by atoms with Gasteiger partial charge in [0.15, 0.2) is 0 Å². The van der Waals surface area contributed by atoms with Gasteiger partial charge in [0, 0.05) is 23.7 Å². The van der Waals surface area contributed by atoms with Crippen LogP contribution in [0.15, 0.2) is 52.0 Å². The molecule has 1 aromatic heterocycles. The van der Waals surface area contributed by atoms with Crippen molar-refractivity contribution in [2.24, 2.45) is 0 Å². The molecule has 8 nitrogen and oxygen atoms in total. The molecule has 1 atom stereocenters. The zero-order valence-corrected chi connectivity index (χ0v) is 23.2. The van der Waals surface area contributed by atoms with Crippen LogP contribution in [0.4, 0.5) is 9.18 Å². The van der Waals surface area contributed by atoms with Crippen molar-refractivity contribution in [1.29, 1.82) is 0 Å². The number of rotatable bonds is 9. The second-order valence-electron chi connectivity index (χ2n) is 8.96. The van der Waals surface area contributed by atoms with Gasteiger partial charge < -0.3 is 15.0 Å². The van der Waals surface area contributed by atoms with Crippen molar-refractivity contribution in [3.8, 4) is 22.6 Å². The first-order valence-corrected chi connectivity index (χ1v) is 14.5. The minimum absolute atomic E-state index is 0.0404. The van der Waals surface area contributed by atoms with E-state index in [2.05, 4.69) is 35.9 Å². The third kappa shape index (κ3) is 7.10. The van der Waals surface area contributed by atoms with Gasteiger partial charge in [0.05, 0.1) is 21.4 Å². The average Bonchev–Trinajstić information content (AvgIpc) is 3.53. The molecule has 0 bridgehead atoms. The first kappa shape index (κ1) is 27.6. The van der Waals surface area contributed by atoms with Crippen molar-refractivity contribution < 1.29 is 22.3 Å². The summed E-state index contributed by atoms with van der Waals surface area (Å²) < 4.78 is 48.1. The van der Waals surface area contributed by atoms with Gasteiger partial charge >= 0.3 is 6.09 Å². The van der Waals surface area contributed by atoms with E-state index in [4.69, 9.17) is 16.3 Å². The topological polar surface area (TPSA) is 113 Å². The Morgan fingerprint density at radius 2 is 1.97 bits per heavy atom. The molecule has 0 aliphatic heterocycles. The number of carbonyl (C=O) groups excluding carboxylic acids is 1. The molecule has 1 aliphatic rings. The summed E-state index contributed by atoms with van der Waals surface area (Å²) in [4.78, 5) is 19.3. The number of benzene rings is 2. The summed E-state index contributed by atoms with van der Waals surface area (Å²) in [5.74, 6) is -0.000128. The number of nitrogens with one attached hydrogen (secondary N) is 3. The highest BCUT2D eigenvalue weighted by atomic mass is 79.9. The van der Waals surface area contributed by atoms with E-state index in [1.165, 1.54) is 18.2 Å². The van der Waals surface area contributed by atoms with Crippen LogP contribution in [0.2, 0.25) is 5.02 Å². The first-order valence-electron chi connectivity index (χ1n) is 11.9. The molecule has 1 heterocycles. The van der Waals surface area contributed by atoms with Gasteiger partial charge in [-0.15, -0.1) is 0 Å². The number of halogens is 3. The smallest absolute Gasteiger partial charge is 0.407 e. The molecule has 1 amide bonds. The number of alkyl carbamates (subject to hydrolysis) is 1. The largest absolute Gasteiger partial charge is 0.446 e. The fourth-order valence-corrected chi connectivity index (χ4v) is 5.91. The summed E-state index contributed by atoms with van der Waals surface area (Å²) in [7, 11) is -3.94. The van der Waals surface area contributed by atoms with E-state index in [9.17, 15) is 17.6 Å². The second kappa shape index (κ2) is 11.9. The van der Waals surface area contributed by atoms with E-state index < -0.39 is 21.9 Å². The lowest BCUT2D eigenvalue weighted by molar-refractivity contribution is 0.0981. The molecule has 37 heavy (non-hydrogen) atoms. The maximum atomic E-state index is 13.9. The molecule has 0 saturated heterocycles. The summed E-state index contributed by atoms with van der Waals surface area (Å²) in [6, 6.07) is 8.96. The van der Waals surface area contributed by atoms with Crippen LogP contribution < -0.4 is 10.0 Å². The predicted octanol–water partition coefficient (Wildman–Crippen LogP) is 6.02. The van der Waals surface area contributed by atoms with Crippen molar-refractivity contribution in [3.63, 3.8) is 0 Å². The van der Waals surface area contributed by atoms with E-state index in [0.717, 1.165) is 25.7 Å².